The fraction of sp³-hybridized carbons (Fsp3) is 0.421. The molecule has 0 spiro atoms. The number of nitriles is 1. The van der Waals surface area contributed by atoms with E-state index in [0.29, 0.717) is 79.5 Å². The Morgan fingerprint density at radius 2 is 1.79 bits per heavy atom. The van der Waals surface area contributed by atoms with Crippen LogP contribution in [0.3, 0.4) is 0 Å². The lowest BCUT2D eigenvalue weighted by Gasteiger charge is -2.42. The van der Waals surface area contributed by atoms with Crippen LogP contribution in [0.15, 0.2) is 77.1 Å². The van der Waals surface area contributed by atoms with Crippen LogP contribution in [0.2, 0.25) is 0 Å². The number of allylic oxidation sites excluding steroid dienone is 1. The number of rotatable bonds is 12. The summed E-state index contributed by atoms with van der Waals surface area (Å²) in [6, 6.07) is 22.9. The molecule has 1 N–H and O–H groups in total. The van der Waals surface area contributed by atoms with E-state index >= 15 is 0 Å². The number of aryl methyl sites for hydroxylation is 2. The fourth-order valence-electron chi connectivity index (χ4n) is 11.9. The van der Waals surface area contributed by atoms with Crippen molar-refractivity contribution in [2.75, 3.05) is 62.8 Å². The van der Waals surface area contributed by atoms with E-state index in [1.54, 1.807) is 23.6 Å². The van der Waals surface area contributed by atoms with Crippen LogP contribution in [0.25, 0.3) is 33.1 Å². The second kappa shape index (κ2) is 19.2. The molecule has 73 heavy (non-hydrogen) atoms. The Hall–Kier alpha value is -7.35. The Bertz CT molecular complexity index is 3360. The Morgan fingerprint density at radius 3 is 2.56 bits per heavy atom. The van der Waals surface area contributed by atoms with Crippen molar-refractivity contribution >= 4 is 45.1 Å². The highest BCUT2D eigenvalue weighted by Gasteiger charge is 2.46. The normalized spacial score (nSPS) is 20.6. The van der Waals surface area contributed by atoms with Gasteiger partial charge in [0.1, 0.15) is 31.4 Å². The molecule has 2 fully saturated rings. The van der Waals surface area contributed by atoms with Gasteiger partial charge in [0.15, 0.2) is 5.60 Å². The highest BCUT2D eigenvalue weighted by molar-refractivity contribution is 5.97. The van der Waals surface area contributed by atoms with Crippen LogP contribution < -0.4 is 24.8 Å². The standard InChI is InChI=1S/C57H61N9O7/c1-6-35(31-71-39-17-18-46-42(26-39)40(7-2)43-29-66-49(51(43)59-46)27-45-44(54(66)68)33-72-55(69)57(45,70)8-3)53(67)65-25-24-64(28-37(65)19-21-58)52-41-20-23-63(48-16-10-14-36-13-9-12-34(4)50(36)48)30-47(41)60-56(61-52)73-32-38-15-11-22-62(38)5/h6,9-10,12-14,16-18,26-27,37-38,70H,7-8,11,15,19-20,22-25,28-33H2,1-5H3/b35-6+/t37-,38-,57-/m0/s1. The third-order valence-corrected chi connectivity index (χ3v) is 16.0. The van der Waals surface area contributed by atoms with E-state index in [0.717, 1.165) is 65.9 Å². The van der Waals surface area contributed by atoms with E-state index in [4.69, 9.17) is 29.2 Å². The van der Waals surface area contributed by atoms with Crippen molar-refractivity contribution in [1.82, 2.24) is 29.3 Å². The second-order valence-electron chi connectivity index (χ2n) is 20.1. The molecule has 3 aromatic carbocycles. The first-order chi connectivity index (χ1) is 35.4. The molecule has 0 bridgehead atoms. The summed E-state index contributed by atoms with van der Waals surface area (Å²) in [6.45, 7) is 12.1. The van der Waals surface area contributed by atoms with Gasteiger partial charge in [-0.05, 0) is 106 Å². The highest BCUT2D eigenvalue weighted by Crippen LogP contribution is 2.42. The number of ether oxygens (including phenoxy) is 3. The Balaban J connectivity index is 0.824. The number of amides is 1. The van der Waals surface area contributed by atoms with E-state index in [9.17, 15) is 24.8 Å². The van der Waals surface area contributed by atoms with E-state index in [1.807, 2.05) is 30.0 Å². The maximum absolute atomic E-state index is 14.6. The van der Waals surface area contributed by atoms with Gasteiger partial charge in [0, 0.05) is 65.4 Å². The Labute approximate surface area is 424 Å². The molecule has 16 nitrogen and oxygen atoms in total. The molecule has 5 aliphatic rings. The molecule has 2 saturated heterocycles. The number of piperazine rings is 1. The first-order valence-corrected chi connectivity index (χ1v) is 25.7. The third kappa shape index (κ3) is 8.32. The lowest BCUT2D eigenvalue weighted by Crippen LogP contribution is -2.56. The molecule has 11 rings (SSSR count). The number of fused-ring (bicyclic) bond motifs is 7. The largest absolute Gasteiger partial charge is 0.489 e. The summed E-state index contributed by atoms with van der Waals surface area (Å²) in [6.07, 6.45) is 5.56. The van der Waals surface area contributed by atoms with E-state index in [2.05, 4.69) is 78.1 Å². The number of esters is 1. The van der Waals surface area contributed by atoms with Crippen molar-refractivity contribution in [3.63, 3.8) is 0 Å². The van der Waals surface area contributed by atoms with Crippen molar-refractivity contribution in [3.05, 3.63) is 122 Å². The molecular formula is C57H61N9O7. The number of anilines is 2. The summed E-state index contributed by atoms with van der Waals surface area (Å²) in [4.78, 5) is 65.2. The molecule has 8 heterocycles. The number of carbonyl (C=O) groups excluding carboxylic acids is 2. The van der Waals surface area contributed by atoms with Gasteiger partial charge >= 0.3 is 12.0 Å². The average Bonchev–Trinajstić information content (AvgIpc) is 4.00. The van der Waals surface area contributed by atoms with Crippen molar-refractivity contribution in [3.8, 4) is 29.2 Å². The van der Waals surface area contributed by atoms with Crippen LogP contribution in [-0.2, 0) is 52.5 Å². The monoisotopic (exact) mass is 983 g/mol. The predicted octanol–water partition coefficient (Wildman–Crippen LogP) is 6.89. The molecule has 16 heteroatoms. The lowest BCUT2D eigenvalue weighted by molar-refractivity contribution is -0.172. The first kappa shape index (κ1) is 47.9. The molecule has 5 aliphatic heterocycles. The number of likely N-dealkylation sites (tertiary alicyclic amines) is 1. The number of hydrogen-bond acceptors (Lipinski definition) is 14. The number of carbonyl (C=O) groups is 2. The van der Waals surface area contributed by atoms with Crippen LogP contribution in [0.4, 0.5) is 11.5 Å². The van der Waals surface area contributed by atoms with E-state index < -0.39 is 17.6 Å². The van der Waals surface area contributed by atoms with Gasteiger partial charge in [-0.1, -0.05) is 50.3 Å². The number of nitrogens with zero attached hydrogens (tertiary/aromatic N) is 9. The van der Waals surface area contributed by atoms with Crippen LogP contribution in [0.1, 0.15) is 85.5 Å². The number of likely N-dealkylation sites (N-methyl/N-ethyl adjacent to an activating group) is 1. The molecule has 0 aliphatic carbocycles. The van der Waals surface area contributed by atoms with Gasteiger partial charge in [-0.25, -0.2) is 9.78 Å². The maximum Gasteiger partial charge on any atom is 0.343 e. The molecule has 3 atom stereocenters. The highest BCUT2D eigenvalue weighted by atomic mass is 16.6. The number of aliphatic hydroxyl groups is 1. The van der Waals surface area contributed by atoms with Gasteiger partial charge < -0.3 is 43.5 Å². The maximum atomic E-state index is 14.6. The summed E-state index contributed by atoms with van der Waals surface area (Å²) in [5.74, 6) is 0.429. The minimum atomic E-state index is -1.91. The Kier molecular flexibility index (Phi) is 12.6. The number of pyridine rings is 2. The zero-order chi connectivity index (χ0) is 50.7. The summed E-state index contributed by atoms with van der Waals surface area (Å²) >= 11 is 0. The molecule has 6 aromatic rings. The molecular weight excluding hydrogens is 923 g/mol. The number of hydrogen-bond donors (Lipinski definition) is 1. The summed E-state index contributed by atoms with van der Waals surface area (Å²) in [5.41, 5.74) is 7.03. The quantitative estimate of drug-likeness (QED) is 0.0989. The third-order valence-electron chi connectivity index (χ3n) is 16.0. The summed E-state index contributed by atoms with van der Waals surface area (Å²) in [7, 11) is 2.13. The Morgan fingerprint density at radius 1 is 0.959 bits per heavy atom. The average molecular weight is 984 g/mol. The van der Waals surface area contributed by atoms with Crippen LogP contribution in [0.5, 0.6) is 11.8 Å². The van der Waals surface area contributed by atoms with Crippen molar-refractivity contribution in [2.45, 2.75) is 104 Å². The zero-order valence-corrected chi connectivity index (χ0v) is 42.2. The minimum absolute atomic E-state index is 0.0106. The van der Waals surface area contributed by atoms with Gasteiger partial charge in [0.25, 0.3) is 11.5 Å². The van der Waals surface area contributed by atoms with Gasteiger partial charge in [-0.3, -0.25) is 9.59 Å². The van der Waals surface area contributed by atoms with Crippen LogP contribution >= 0.6 is 0 Å². The minimum Gasteiger partial charge on any atom is -0.489 e. The fourth-order valence-corrected chi connectivity index (χ4v) is 11.9. The number of aromatic nitrogens is 4. The van der Waals surface area contributed by atoms with Crippen molar-refractivity contribution in [1.29, 1.82) is 5.26 Å². The van der Waals surface area contributed by atoms with E-state index in [1.165, 1.54) is 22.0 Å². The second-order valence-corrected chi connectivity index (χ2v) is 20.1. The number of benzene rings is 3. The lowest BCUT2D eigenvalue weighted by atomic mass is 9.86. The molecule has 3 aromatic heterocycles. The molecule has 0 unspecified atom stereocenters. The summed E-state index contributed by atoms with van der Waals surface area (Å²) in [5, 5.41) is 24.9. The molecule has 376 valence electrons. The first-order valence-electron chi connectivity index (χ1n) is 25.7. The van der Waals surface area contributed by atoms with Crippen LogP contribution in [-0.4, -0.2) is 111 Å². The number of cyclic esters (lactones) is 1. The zero-order valence-electron chi connectivity index (χ0n) is 42.2. The summed E-state index contributed by atoms with van der Waals surface area (Å²) < 4.78 is 19.8. The molecule has 1 amide bonds. The predicted molar refractivity (Wildman–Crippen MR) is 278 cm³/mol. The van der Waals surface area contributed by atoms with E-state index in [-0.39, 0.29) is 55.2 Å². The van der Waals surface area contributed by atoms with Gasteiger partial charge in [0.2, 0.25) is 0 Å². The SMILES string of the molecule is C/C=C(\COc1ccc2nc3c(c(CC)c2c1)Cn1c-3cc2c(c1=O)COC(=O)[C@]2(O)CC)C(=O)N1CCN(c2nc(OC[C@@H]3CCCN3C)nc3c2CCN(c2cccc4cccc(C)c24)C3)C[C@@H]1CC#N. The van der Waals surface area contributed by atoms with Crippen molar-refractivity contribution in [2.24, 2.45) is 0 Å². The smallest absolute Gasteiger partial charge is 0.343 e. The van der Waals surface area contributed by atoms with Crippen molar-refractivity contribution < 1.29 is 28.9 Å². The molecule has 0 radical (unpaired) electrons. The topological polar surface area (TPSA) is 179 Å². The molecule has 0 saturated carbocycles. The van der Waals surface area contributed by atoms with Gasteiger partial charge in [-0.2, -0.15) is 15.2 Å². The van der Waals surface area contributed by atoms with Gasteiger partial charge in [0.05, 0.1) is 65.4 Å². The van der Waals surface area contributed by atoms with Crippen LogP contribution in [0, 0.1) is 18.3 Å². The van der Waals surface area contributed by atoms with Gasteiger partial charge in [-0.15, -0.1) is 0 Å².